The first-order chi connectivity index (χ1) is 24.9. The van der Waals surface area contributed by atoms with Crippen molar-refractivity contribution in [2.24, 2.45) is 31.0 Å². The molecule has 0 radical (unpaired) electrons. The van der Waals surface area contributed by atoms with Crippen molar-refractivity contribution in [3.05, 3.63) is 124 Å². The summed E-state index contributed by atoms with van der Waals surface area (Å²) in [5, 5.41) is 31.5. The van der Waals surface area contributed by atoms with Crippen LogP contribution in [-0.4, -0.2) is 54.3 Å². The summed E-state index contributed by atoms with van der Waals surface area (Å²) in [6.45, 7) is 17.2. The van der Waals surface area contributed by atoms with E-state index in [1.807, 2.05) is 106 Å². The van der Waals surface area contributed by atoms with E-state index in [0.717, 1.165) is 89.7 Å². The molecule has 0 saturated heterocycles. The average molecular weight is 676 g/mol. The number of rotatable bonds is 12. The van der Waals surface area contributed by atoms with Crippen LogP contribution < -0.4 is 0 Å². The van der Waals surface area contributed by atoms with Crippen LogP contribution in [0.5, 0.6) is 0 Å². The molecular formula is C42H45N9. The van der Waals surface area contributed by atoms with Crippen LogP contribution in [0.3, 0.4) is 0 Å². The minimum atomic E-state index is 0.780. The van der Waals surface area contributed by atoms with Gasteiger partial charge in [-0.3, -0.25) is 15.0 Å². The zero-order valence-corrected chi connectivity index (χ0v) is 30.4. The maximum atomic E-state index is 4.33. The van der Waals surface area contributed by atoms with Crippen LogP contribution in [-0.2, 0) is 0 Å². The van der Waals surface area contributed by atoms with Gasteiger partial charge in [-0.1, -0.05) is 51.2 Å². The zero-order chi connectivity index (χ0) is 36.3. The second-order valence-electron chi connectivity index (χ2n) is 11.2. The van der Waals surface area contributed by atoms with Crippen molar-refractivity contribution in [2.75, 3.05) is 39.3 Å². The zero-order valence-electron chi connectivity index (χ0n) is 30.4. The van der Waals surface area contributed by atoms with Crippen LogP contribution in [0.25, 0.3) is 0 Å². The molecule has 0 amide bonds. The van der Waals surface area contributed by atoms with Gasteiger partial charge >= 0.3 is 0 Å². The lowest BCUT2D eigenvalue weighted by molar-refractivity contribution is 0.301. The highest BCUT2D eigenvalue weighted by Gasteiger charge is 2.00. The van der Waals surface area contributed by atoms with Crippen molar-refractivity contribution in [1.29, 1.82) is 0 Å². The van der Waals surface area contributed by atoms with E-state index >= 15 is 0 Å². The Morgan fingerprint density at radius 1 is 0.333 bits per heavy atom. The normalized spacial score (nSPS) is 10.7. The molecule has 0 spiro atoms. The SMILES string of the molecule is CCN(CC)N=Nc1ccc(C#Cc2cc(C#Cc3ccc(N=NN(CC)CC)cc3)cc(C#Cc3ccc(N=NN(CC)CC)cc3)c2)cc1. The molecule has 0 bridgehead atoms. The Kier molecular flexibility index (Phi) is 15.0. The van der Waals surface area contributed by atoms with Crippen molar-refractivity contribution in [3.8, 4) is 35.5 Å². The van der Waals surface area contributed by atoms with Gasteiger partial charge in [0.25, 0.3) is 0 Å². The van der Waals surface area contributed by atoms with Gasteiger partial charge in [-0.15, -0.1) is 15.3 Å². The van der Waals surface area contributed by atoms with Crippen LogP contribution >= 0.6 is 0 Å². The fraction of sp³-hybridized carbons (Fsp3) is 0.286. The Morgan fingerprint density at radius 3 is 0.765 bits per heavy atom. The van der Waals surface area contributed by atoms with Gasteiger partial charge in [0.1, 0.15) is 0 Å². The molecule has 258 valence electrons. The number of hydrogen-bond acceptors (Lipinski definition) is 6. The van der Waals surface area contributed by atoms with E-state index in [9.17, 15) is 0 Å². The fourth-order valence-corrected chi connectivity index (χ4v) is 4.51. The van der Waals surface area contributed by atoms with Gasteiger partial charge in [0.2, 0.25) is 0 Å². The molecule has 0 aliphatic rings. The second kappa shape index (κ2) is 20.3. The van der Waals surface area contributed by atoms with Crippen LogP contribution in [0, 0.1) is 35.5 Å². The van der Waals surface area contributed by atoms with Gasteiger partial charge in [0, 0.05) is 72.6 Å². The van der Waals surface area contributed by atoms with Gasteiger partial charge in [-0.05, 0) is 133 Å². The molecule has 0 fully saturated rings. The Hall–Kier alpha value is -6.24. The first kappa shape index (κ1) is 37.6. The predicted molar refractivity (Wildman–Crippen MR) is 206 cm³/mol. The molecule has 4 rings (SSSR count). The van der Waals surface area contributed by atoms with Crippen LogP contribution in [0.1, 0.15) is 74.9 Å². The number of hydrogen-bond donors (Lipinski definition) is 0. The summed E-state index contributed by atoms with van der Waals surface area (Å²) < 4.78 is 0. The Morgan fingerprint density at radius 2 is 0.549 bits per heavy atom. The Balaban J connectivity index is 1.60. The van der Waals surface area contributed by atoms with Gasteiger partial charge in [-0.2, -0.15) is 0 Å². The van der Waals surface area contributed by atoms with Crippen LogP contribution in [0.15, 0.2) is 122 Å². The molecule has 0 saturated carbocycles. The molecule has 4 aromatic rings. The monoisotopic (exact) mass is 675 g/mol. The maximum Gasteiger partial charge on any atom is 0.0875 e. The van der Waals surface area contributed by atoms with Crippen molar-refractivity contribution in [3.63, 3.8) is 0 Å². The van der Waals surface area contributed by atoms with E-state index < -0.39 is 0 Å². The third-order valence-electron chi connectivity index (χ3n) is 7.64. The summed E-state index contributed by atoms with van der Waals surface area (Å²) in [7, 11) is 0. The highest BCUT2D eigenvalue weighted by Crippen LogP contribution is 2.17. The first-order valence-electron chi connectivity index (χ1n) is 17.5. The summed E-state index contributed by atoms with van der Waals surface area (Å²) in [6, 6.07) is 29.2. The molecule has 0 N–H and O–H groups in total. The van der Waals surface area contributed by atoms with Gasteiger partial charge in [-0.25, -0.2) is 0 Å². The number of nitrogens with zero attached hydrogens (tertiary/aromatic N) is 9. The molecule has 0 aliphatic heterocycles. The smallest absolute Gasteiger partial charge is 0.0875 e. The molecule has 9 heteroatoms. The van der Waals surface area contributed by atoms with Gasteiger partial charge in [0.15, 0.2) is 0 Å². The van der Waals surface area contributed by atoms with E-state index in [2.05, 4.69) is 108 Å². The quantitative estimate of drug-likeness (QED) is 0.0851. The van der Waals surface area contributed by atoms with Crippen LogP contribution in [0.2, 0.25) is 0 Å². The highest BCUT2D eigenvalue weighted by atomic mass is 15.5. The molecule has 0 atom stereocenters. The van der Waals surface area contributed by atoms with Crippen molar-refractivity contribution < 1.29 is 0 Å². The van der Waals surface area contributed by atoms with E-state index in [4.69, 9.17) is 0 Å². The number of benzene rings is 4. The summed E-state index contributed by atoms with van der Waals surface area (Å²) in [6.07, 6.45) is 0. The molecule has 0 unspecified atom stereocenters. The Labute approximate surface area is 303 Å². The first-order valence-corrected chi connectivity index (χ1v) is 17.5. The second-order valence-corrected chi connectivity index (χ2v) is 11.2. The third kappa shape index (κ3) is 12.6. The summed E-state index contributed by atoms with van der Waals surface area (Å²) in [4.78, 5) is 0. The molecular weight excluding hydrogens is 631 g/mol. The fourth-order valence-electron chi connectivity index (χ4n) is 4.51. The predicted octanol–water partition coefficient (Wildman–Crippen LogP) is 9.91. The lowest BCUT2D eigenvalue weighted by Gasteiger charge is -2.10. The largest absolute Gasteiger partial charge is 0.279 e. The summed E-state index contributed by atoms with van der Waals surface area (Å²) >= 11 is 0. The van der Waals surface area contributed by atoms with E-state index in [0.29, 0.717) is 0 Å². The molecule has 51 heavy (non-hydrogen) atoms. The highest BCUT2D eigenvalue weighted by molar-refractivity contribution is 5.56. The van der Waals surface area contributed by atoms with Crippen LogP contribution in [0.4, 0.5) is 17.1 Å². The van der Waals surface area contributed by atoms with E-state index in [-0.39, 0.29) is 0 Å². The molecule has 0 heterocycles. The topological polar surface area (TPSA) is 83.9 Å². The standard InChI is InChI=1S/C42H45N9/c1-7-49(8-2)46-43-40-25-19-34(20-26-40)13-16-37-31-38(17-14-35-21-27-41(28-22-35)44-47-50(9-3)10-4)33-39(32-37)18-15-36-23-29-42(30-24-36)45-48-51(11-5)12-6/h19-33H,7-12H2,1-6H3. The molecule has 9 nitrogen and oxygen atoms in total. The van der Waals surface area contributed by atoms with Gasteiger partial charge < -0.3 is 0 Å². The summed E-state index contributed by atoms with van der Waals surface area (Å²) in [5.74, 6) is 19.7. The van der Waals surface area contributed by atoms with Crippen molar-refractivity contribution in [1.82, 2.24) is 15.0 Å². The van der Waals surface area contributed by atoms with E-state index in [1.54, 1.807) is 0 Å². The Bertz CT molecular complexity index is 1720. The van der Waals surface area contributed by atoms with Gasteiger partial charge in [0.05, 0.1) is 17.1 Å². The minimum Gasteiger partial charge on any atom is -0.279 e. The molecule has 0 aromatic heterocycles. The van der Waals surface area contributed by atoms with Crippen molar-refractivity contribution in [2.45, 2.75) is 41.5 Å². The minimum absolute atomic E-state index is 0.780. The summed E-state index contributed by atoms with van der Waals surface area (Å²) in [5.41, 5.74) is 7.40. The molecule has 0 aliphatic carbocycles. The van der Waals surface area contributed by atoms with E-state index in [1.165, 1.54) is 0 Å². The molecule has 4 aromatic carbocycles. The average Bonchev–Trinajstić information content (AvgIpc) is 3.18. The maximum absolute atomic E-state index is 4.33. The lowest BCUT2D eigenvalue weighted by atomic mass is 10.0. The lowest BCUT2D eigenvalue weighted by Crippen LogP contribution is -2.14. The third-order valence-corrected chi connectivity index (χ3v) is 7.64. The van der Waals surface area contributed by atoms with Crippen molar-refractivity contribution >= 4 is 17.1 Å².